The molecule has 1 aliphatic heterocycles. The van der Waals surface area contributed by atoms with E-state index in [4.69, 9.17) is 0 Å². The Morgan fingerprint density at radius 2 is 2.04 bits per heavy atom. The van der Waals surface area contributed by atoms with Gasteiger partial charge in [0.2, 0.25) is 15.9 Å². The molecule has 0 aliphatic carbocycles. The molecule has 1 aromatic heterocycles. The third-order valence-electron chi connectivity index (χ3n) is 4.39. The highest BCUT2D eigenvalue weighted by molar-refractivity contribution is 7.89. The lowest BCUT2D eigenvalue weighted by Gasteiger charge is -2.16. The number of amides is 1. The molecule has 1 amide bonds. The monoisotopic (exact) mass is 380 g/mol. The predicted molar refractivity (Wildman–Crippen MR) is 93.2 cm³/mol. The number of hydrogen-bond acceptors (Lipinski definition) is 4. The molecule has 0 spiro atoms. The Morgan fingerprint density at radius 1 is 1.31 bits per heavy atom. The van der Waals surface area contributed by atoms with Crippen molar-refractivity contribution in [2.24, 2.45) is 5.92 Å². The van der Waals surface area contributed by atoms with E-state index in [2.05, 4.69) is 10.4 Å². The highest BCUT2D eigenvalue weighted by atomic mass is 32.2. The van der Waals surface area contributed by atoms with Crippen molar-refractivity contribution in [3.05, 3.63) is 48.0 Å². The number of aryl methyl sites for hydroxylation is 1. The van der Waals surface area contributed by atoms with Crippen molar-refractivity contribution >= 4 is 15.9 Å². The first-order valence-electron chi connectivity index (χ1n) is 8.40. The predicted octanol–water partition coefficient (Wildman–Crippen LogP) is 1.16. The van der Waals surface area contributed by atoms with Gasteiger partial charge in [0.1, 0.15) is 5.82 Å². The van der Waals surface area contributed by atoms with Crippen LogP contribution in [0.5, 0.6) is 0 Å². The SMILES string of the molecule is Cc1ccn(CCNC(=O)C2CCN(S(=O)(=O)c3ccc(F)cc3)C2)n1. The van der Waals surface area contributed by atoms with Gasteiger partial charge in [0.15, 0.2) is 0 Å². The van der Waals surface area contributed by atoms with E-state index < -0.39 is 15.8 Å². The van der Waals surface area contributed by atoms with Crippen LogP contribution < -0.4 is 5.32 Å². The first kappa shape index (κ1) is 18.5. The third-order valence-corrected chi connectivity index (χ3v) is 6.27. The lowest BCUT2D eigenvalue weighted by molar-refractivity contribution is -0.124. The first-order valence-corrected chi connectivity index (χ1v) is 9.84. The summed E-state index contributed by atoms with van der Waals surface area (Å²) in [6.07, 6.45) is 2.31. The van der Waals surface area contributed by atoms with Crippen LogP contribution >= 0.6 is 0 Å². The maximum Gasteiger partial charge on any atom is 0.243 e. The van der Waals surface area contributed by atoms with Crippen LogP contribution in [0.15, 0.2) is 41.4 Å². The summed E-state index contributed by atoms with van der Waals surface area (Å²) in [7, 11) is -3.71. The Morgan fingerprint density at radius 3 is 2.69 bits per heavy atom. The van der Waals surface area contributed by atoms with Gasteiger partial charge in [0.05, 0.1) is 23.1 Å². The van der Waals surface area contributed by atoms with Crippen LogP contribution in [0, 0.1) is 18.7 Å². The second-order valence-electron chi connectivity index (χ2n) is 6.31. The van der Waals surface area contributed by atoms with Gasteiger partial charge in [-0.05, 0) is 43.7 Å². The average Bonchev–Trinajstić information content (AvgIpc) is 3.25. The molecule has 1 fully saturated rings. The quantitative estimate of drug-likeness (QED) is 0.815. The summed E-state index contributed by atoms with van der Waals surface area (Å²) in [6, 6.07) is 6.60. The van der Waals surface area contributed by atoms with E-state index in [0.29, 0.717) is 19.5 Å². The number of rotatable bonds is 6. The van der Waals surface area contributed by atoms with E-state index in [1.165, 1.54) is 16.4 Å². The molecular formula is C17H21FN4O3S. The minimum Gasteiger partial charge on any atom is -0.354 e. The zero-order chi connectivity index (χ0) is 18.7. The molecule has 9 heteroatoms. The van der Waals surface area contributed by atoms with Gasteiger partial charge >= 0.3 is 0 Å². The minimum atomic E-state index is -3.71. The first-order chi connectivity index (χ1) is 12.4. The van der Waals surface area contributed by atoms with Gasteiger partial charge in [0.25, 0.3) is 0 Å². The number of hydrogen-bond donors (Lipinski definition) is 1. The highest BCUT2D eigenvalue weighted by Gasteiger charge is 2.35. The topological polar surface area (TPSA) is 84.3 Å². The number of halogens is 1. The second-order valence-corrected chi connectivity index (χ2v) is 8.25. The number of nitrogens with one attached hydrogen (secondary N) is 1. The Kier molecular flexibility index (Phi) is 5.38. The van der Waals surface area contributed by atoms with Crippen LogP contribution in [0.1, 0.15) is 12.1 Å². The van der Waals surface area contributed by atoms with Crippen LogP contribution in [0.3, 0.4) is 0 Å². The van der Waals surface area contributed by atoms with E-state index in [1.54, 1.807) is 4.68 Å². The number of benzene rings is 1. The lowest BCUT2D eigenvalue weighted by Crippen LogP contribution is -2.36. The van der Waals surface area contributed by atoms with Gasteiger partial charge in [-0.3, -0.25) is 9.48 Å². The van der Waals surface area contributed by atoms with Gasteiger partial charge in [-0.25, -0.2) is 12.8 Å². The standard InChI is InChI=1S/C17H21FN4O3S/c1-13-6-9-21(20-13)11-8-19-17(23)14-7-10-22(12-14)26(24,25)16-4-2-15(18)3-5-16/h2-6,9,14H,7-8,10-12H2,1H3,(H,19,23). The largest absolute Gasteiger partial charge is 0.354 e. The second kappa shape index (κ2) is 7.55. The van der Waals surface area contributed by atoms with E-state index in [-0.39, 0.29) is 29.8 Å². The van der Waals surface area contributed by atoms with Gasteiger partial charge < -0.3 is 5.32 Å². The molecule has 2 aromatic rings. The molecule has 1 N–H and O–H groups in total. The molecule has 2 heterocycles. The Balaban J connectivity index is 1.54. The van der Waals surface area contributed by atoms with Gasteiger partial charge in [0, 0.05) is 25.8 Å². The number of carbonyl (C=O) groups is 1. The molecule has 0 saturated carbocycles. The third kappa shape index (κ3) is 4.10. The number of aromatic nitrogens is 2. The molecule has 3 rings (SSSR count). The molecule has 1 atom stereocenters. The molecule has 1 aliphatic rings. The lowest BCUT2D eigenvalue weighted by atomic mass is 10.1. The highest BCUT2D eigenvalue weighted by Crippen LogP contribution is 2.24. The Labute approximate surface area is 151 Å². The zero-order valence-corrected chi connectivity index (χ0v) is 15.2. The molecular weight excluding hydrogens is 359 g/mol. The molecule has 7 nitrogen and oxygen atoms in total. The molecule has 1 aromatic carbocycles. The van der Waals surface area contributed by atoms with Crippen LogP contribution in [0.2, 0.25) is 0 Å². The minimum absolute atomic E-state index is 0.0361. The van der Waals surface area contributed by atoms with Crippen LogP contribution in [0.4, 0.5) is 4.39 Å². The van der Waals surface area contributed by atoms with E-state index in [0.717, 1.165) is 17.8 Å². The fourth-order valence-corrected chi connectivity index (χ4v) is 4.44. The van der Waals surface area contributed by atoms with Crippen LogP contribution in [0.25, 0.3) is 0 Å². The fourth-order valence-electron chi connectivity index (χ4n) is 2.94. The molecule has 0 bridgehead atoms. The van der Waals surface area contributed by atoms with Crippen molar-refractivity contribution in [1.82, 2.24) is 19.4 Å². The molecule has 0 radical (unpaired) electrons. The van der Waals surface area contributed by atoms with Crippen molar-refractivity contribution < 1.29 is 17.6 Å². The van der Waals surface area contributed by atoms with Crippen LogP contribution in [-0.2, 0) is 21.4 Å². The van der Waals surface area contributed by atoms with E-state index in [1.807, 2.05) is 19.2 Å². The van der Waals surface area contributed by atoms with Gasteiger partial charge in [-0.1, -0.05) is 0 Å². The summed E-state index contributed by atoms with van der Waals surface area (Å²) < 4.78 is 41.2. The van der Waals surface area contributed by atoms with Crippen molar-refractivity contribution in [3.63, 3.8) is 0 Å². The molecule has 26 heavy (non-hydrogen) atoms. The molecule has 1 saturated heterocycles. The van der Waals surface area contributed by atoms with E-state index >= 15 is 0 Å². The number of carbonyl (C=O) groups excluding carboxylic acids is 1. The van der Waals surface area contributed by atoms with Crippen molar-refractivity contribution in [2.45, 2.75) is 24.8 Å². The smallest absolute Gasteiger partial charge is 0.243 e. The van der Waals surface area contributed by atoms with Gasteiger partial charge in [-0.15, -0.1) is 0 Å². The maximum atomic E-state index is 13.0. The van der Waals surface area contributed by atoms with Crippen LogP contribution in [-0.4, -0.2) is 48.0 Å². The van der Waals surface area contributed by atoms with Crippen molar-refractivity contribution in [2.75, 3.05) is 19.6 Å². The molecule has 1 unspecified atom stereocenters. The summed E-state index contributed by atoms with van der Waals surface area (Å²) in [5.41, 5.74) is 0.911. The molecule has 140 valence electrons. The summed E-state index contributed by atoms with van der Waals surface area (Å²) >= 11 is 0. The summed E-state index contributed by atoms with van der Waals surface area (Å²) in [4.78, 5) is 12.3. The Bertz CT molecular complexity index is 880. The maximum absolute atomic E-state index is 13.0. The van der Waals surface area contributed by atoms with E-state index in [9.17, 15) is 17.6 Å². The summed E-state index contributed by atoms with van der Waals surface area (Å²) in [6.45, 7) is 3.29. The van der Waals surface area contributed by atoms with Crippen molar-refractivity contribution in [3.8, 4) is 0 Å². The Hall–Kier alpha value is -2.26. The number of sulfonamides is 1. The normalized spacial score (nSPS) is 18.2. The summed E-state index contributed by atoms with van der Waals surface area (Å²) in [5, 5.41) is 7.07. The summed E-state index contributed by atoms with van der Waals surface area (Å²) in [5.74, 6) is -1.04. The van der Waals surface area contributed by atoms with Gasteiger partial charge in [-0.2, -0.15) is 9.40 Å². The zero-order valence-electron chi connectivity index (χ0n) is 14.4. The fraction of sp³-hybridized carbons (Fsp3) is 0.412. The number of nitrogens with zero attached hydrogens (tertiary/aromatic N) is 3. The average molecular weight is 380 g/mol. The van der Waals surface area contributed by atoms with Crippen molar-refractivity contribution in [1.29, 1.82) is 0 Å².